The van der Waals surface area contributed by atoms with Crippen molar-refractivity contribution < 1.29 is 9.15 Å². The summed E-state index contributed by atoms with van der Waals surface area (Å²) < 4.78 is 10.5. The van der Waals surface area contributed by atoms with E-state index in [9.17, 15) is 0 Å². The third-order valence-corrected chi connectivity index (χ3v) is 2.54. The Labute approximate surface area is 115 Å². The minimum Gasteiger partial charge on any atom is -0.407 e. The Bertz CT molecular complexity index is 347. The Morgan fingerprint density at radius 3 is 2.63 bits per heavy atom. The number of methoxy groups -OCH3 is 1. The number of aromatic nitrogens is 2. The molecule has 0 aliphatic heterocycles. The maximum Gasteiger partial charge on any atom is 0.315 e. The number of rotatable bonds is 9. The van der Waals surface area contributed by atoms with Crippen molar-refractivity contribution in [2.75, 3.05) is 25.6 Å². The largest absolute Gasteiger partial charge is 0.407 e. The van der Waals surface area contributed by atoms with Gasteiger partial charge in [-0.25, -0.2) is 0 Å². The minimum absolute atomic E-state index is 0.0451. The van der Waals surface area contributed by atoms with E-state index in [-0.39, 0.29) is 5.54 Å². The van der Waals surface area contributed by atoms with E-state index in [1.165, 1.54) is 0 Å². The van der Waals surface area contributed by atoms with Crippen LogP contribution in [0.3, 0.4) is 0 Å². The van der Waals surface area contributed by atoms with Crippen molar-refractivity contribution in [3.63, 3.8) is 0 Å². The lowest BCUT2D eigenvalue weighted by atomic mass is 10.1. The van der Waals surface area contributed by atoms with Gasteiger partial charge in [-0.05, 0) is 40.0 Å². The summed E-state index contributed by atoms with van der Waals surface area (Å²) in [5, 5.41) is 14.4. The zero-order chi connectivity index (χ0) is 14.1. The van der Waals surface area contributed by atoms with Gasteiger partial charge in [0.15, 0.2) is 0 Å². The van der Waals surface area contributed by atoms with Crippen LogP contribution in [0.4, 0.5) is 6.01 Å². The molecule has 2 N–H and O–H groups in total. The third kappa shape index (κ3) is 7.79. The predicted octanol–water partition coefficient (Wildman–Crippen LogP) is 2.19. The molecule has 0 saturated carbocycles. The van der Waals surface area contributed by atoms with Crippen LogP contribution < -0.4 is 10.6 Å². The first-order chi connectivity index (χ1) is 9.01. The molecular weight excluding hydrogens is 244 g/mol. The molecule has 1 aromatic heterocycles. The summed E-state index contributed by atoms with van der Waals surface area (Å²) >= 11 is 0. The Morgan fingerprint density at radius 1 is 1.16 bits per heavy atom. The number of hydrogen-bond donors (Lipinski definition) is 2. The predicted molar refractivity (Wildman–Crippen MR) is 75.1 cm³/mol. The van der Waals surface area contributed by atoms with Gasteiger partial charge in [-0.15, -0.1) is 5.10 Å². The van der Waals surface area contributed by atoms with E-state index in [1.54, 1.807) is 7.11 Å². The molecule has 0 saturated heterocycles. The molecule has 0 amide bonds. The number of anilines is 1. The molecule has 1 heterocycles. The molecule has 0 bridgehead atoms. The molecular formula is C13H26N4O2. The van der Waals surface area contributed by atoms with E-state index in [2.05, 4.69) is 41.6 Å². The second-order valence-electron chi connectivity index (χ2n) is 5.58. The topological polar surface area (TPSA) is 72.2 Å². The van der Waals surface area contributed by atoms with E-state index < -0.39 is 0 Å². The third-order valence-electron chi connectivity index (χ3n) is 2.54. The van der Waals surface area contributed by atoms with Crippen LogP contribution in [-0.2, 0) is 11.3 Å². The van der Waals surface area contributed by atoms with Crippen LogP contribution in [0.5, 0.6) is 0 Å². The number of nitrogens with one attached hydrogen (secondary N) is 2. The van der Waals surface area contributed by atoms with Gasteiger partial charge in [-0.2, -0.15) is 0 Å². The van der Waals surface area contributed by atoms with Gasteiger partial charge >= 0.3 is 6.01 Å². The van der Waals surface area contributed by atoms with Crippen molar-refractivity contribution in [3.8, 4) is 0 Å². The normalized spacial score (nSPS) is 11.8. The summed E-state index contributed by atoms with van der Waals surface area (Å²) in [6, 6.07) is 0.498. The van der Waals surface area contributed by atoms with E-state index >= 15 is 0 Å². The molecule has 0 radical (unpaired) electrons. The Balaban J connectivity index is 2.16. The summed E-state index contributed by atoms with van der Waals surface area (Å²) in [6.07, 6.45) is 3.29. The van der Waals surface area contributed by atoms with Crippen molar-refractivity contribution in [2.45, 2.75) is 52.1 Å². The minimum atomic E-state index is 0.0451. The van der Waals surface area contributed by atoms with Crippen molar-refractivity contribution in [1.29, 1.82) is 0 Å². The first-order valence-corrected chi connectivity index (χ1v) is 6.81. The van der Waals surface area contributed by atoms with Gasteiger partial charge < -0.3 is 19.8 Å². The smallest absolute Gasteiger partial charge is 0.315 e. The van der Waals surface area contributed by atoms with Crippen molar-refractivity contribution in [1.82, 2.24) is 15.5 Å². The maximum atomic E-state index is 5.49. The van der Waals surface area contributed by atoms with Crippen LogP contribution in [-0.4, -0.2) is 36.0 Å². The summed E-state index contributed by atoms with van der Waals surface area (Å²) in [4.78, 5) is 0. The SMILES string of the molecule is COCCCCCNc1nnc(CNC(C)(C)C)o1. The summed E-state index contributed by atoms with van der Waals surface area (Å²) in [5.41, 5.74) is 0.0451. The van der Waals surface area contributed by atoms with Gasteiger partial charge in [0.05, 0.1) is 6.54 Å². The standard InChI is InChI=1S/C13H26N4O2/c1-13(2,3)15-10-11-16-17-12(19-11)14-8-6-5-7-9-18-4/h15H,5-10H2,1-4H3,(H,14,17). The molecule has 0 atom stereocenters. The number of hydrogen-bond acceptors (Lipinski definition) is 6. The highest BCUT2D eigenvalue weighted by atomic mass is 16.5. The van der Waals surface area contributed by atoms with Crippen molar-refractivity contribution >= 4 is 6.01 Å². The van der Waals surface area contributed by atoms with E-state index in [4.69, 9.17) is 9.15 Å². The molecule has 0 aliphatic rings. The molecule has 110 valence electrons. The van der Waals surface area contributed by atoms with Crippen LogP contribution in [0.25, 0.3) is 0 Å². The van der Waals surface area contributed by atoms with Crippen LogP contribution in [0, 0.1) is 0 Å². The molecule has 0 aromatic carbocycles. The van der Waals surface area contributed by atoms with E-state index in [0.29, 0.717) is 18.5 Å². The van der Waals surface area contributed by atoms with E-state index in [0.717, 1.165) is 32.4 Å². The summed E-state index contributed by atoms with van der Waals surface area (Å²) in [5.74, 6) is 0.608. The van der Waals surface area contributed by atoms with Gasteiger partial charge in [0.25, 0.3) is 0 Å². The average molecular weight is 270 g/mol. The number of nitrogens with zero attached hydrogens (tertiary/aromatic N) is 2. The zero-order valence-corrected chi connectivity index (χ0v) is 12.5. The first-order valence-electron chi connectivity index (χ1n) is 6.81. The Kier molecular flexibility index (Phi) is 6.80. The lowest BCUT2D eigenvalue weighted by Crippen LogP contribution is -2.35. The second-order valence-corrected chi connectivity index (χ2v) is 5.58. The number of unbranched alkanes of at least 4 members (excludes halogenated alkanes) is 2. The van der Waals surface area contributed by atoms with Gasteiger partial charge in [-0.1, -0.05) is 5.10 Å². The molecule has 6 heteroatoms. The number of ether oxygens (including phenoxy) is 1. The lowest BCUT2D eigenvalue weighted by molar-refractivity contribution is 0.192. The maximum absolute atomic E-state index is 5.49. The fraction of sp³-hybridized carbons (Fsp3) is 0.846. The van der Waals surface area contributed by atoms with Crippen molar-refractivity contribution in [2.24, 2.45) is 0 Å². The zero-order valence-electron chi connectivity index (χ0n) is 12.5. The molecule has 6 nitrogen and oxygen atoms in total. The highest BCUT2D eigenvalue weighted by Crippen LogP contribution is 2.08. The van der Waals surface area contributed by atoms with Crippen molar-refractivity contribution in [3.05, 3.63) is 5.89 Å². The Morgan fingerprint density at radius 2 is 1.95 bits per heavy atom. The van der Waals surface area contributed by atoms with Crippen LogP contribution in [0.15, 0.2) is 4.42 Å². The molecule has 19 heavy (non-hydrogen) atoms. The van der Waals surface area contributed by atoms with Crippen LogP contribution in [0.1, 0.15) is 45.9 Å². The molecule has 1 rings (SSSR count). The van der Waals surface area contributed by atoms with E-state index in [1.807, 2.05) is 0 Å². The van der Waals surface area contributed by atoms with Gasteiger partial charge in [0.2, 0.25) is 5.89 Å². The Hall–Kier alpha value is -1.14. The van der Waals surface area contributed by atoms with Gasteiger partial charge in [0.1, 0.15) is 0 Å². The van der Waals surface area contributed by atoms with Crippen LogP contribution in [0.2, 0.25) is 0 Å². The quantitative estimate of drug-likeness (QED) is 0.670. The fourth-order valence-corrected chi connectivity index (χ4v) is 1.48. The summed E-state index contributed by atoms with van der Waals surface area (Å²) in [7, 11) is 1.73. The van der Waals surface area contributed by atoms with Crippen LogP contribution >= 0.6 is 0 Å². The van der Waals surface area contributed by atoms with Gasteiger partial charge in [-0.3, -0.25) is 0 Å². The summed E-state index contributed by atoms with van der Waals surface area (Å²) in [6.45, 7) is 8.56. The van der Waals surface area contributed by atoms with Gasteiger partial charge in [0, 0.05) is 25.8 Å². The fourth-order valence-electron chi connectivity index (χ4n) is 1.48. The molecule has 0 aliphatic carbocycles. The highest BCUT2D eigenvalue weighted by molar-refractivity contribution is 5.16. The molecule has 0 unspecified atom stereocenters. The molecule has 1 aromatic rings. The highest BCUT2D eigenvalue weighted by Gasteiger charge is 2.11. The first kappa shape index (κ1) is 15.9. The molecule has 0 spiro atoms. The average Bonchev–Trinajstić information content (AvgIpc) is 2.78. The second kappa shape index (κ2) is 8.12. The molecule has 0 fully saturated rings. The lowest BCUT2D eigenvalue weighted by Gasteiger charge is -2.18. The monoisotopic (exact) mass is 270 g/mol.